The van der Waals surface area contributed by atoms with Crippen molar-refractivity contribution in [1.29, 1.82) is 0 Å². The van der Waals surface area contributed by atoms with Crippen molar-refractivity contribution in [1.82, 2.24) is 0 Å². The highest BCUT2D eigenvalue weighted by Crippen LogP contribution is 2.54. The average Bonchev–Trinajstić information content (AvgIpc) is 3.18. The fraction of sp³-hybridized carbons (Fsp3) is 0.417. The number of β-lactam (4-membered cyclic amide) rings is 1. The quantitative estimate of drug-likeness (QED) is 0.775. The number of hydrogen-bond acceptors (Lipinski definition) is 4. The number of aliphatic hydroxyl groups is 1. The second-order valence-electron chi connectivity index (χ2n) is 8.50. The SMILES string of the molecule is C[C@@H]1C[C@H](CCO)O[C@@]12C(=O)N(Cc1ccccc1)c1ccc(N3CCC3=O)cc12. The van der Waals surface area contributed by atoms with Crippen molar-refractivity contribution in [3.05, 3.63) is 59.7 Å². The number of nitrogens with zero attached hydrogens (tertiary/aromatic N) is 2. The fourth-order valence-electron chi connectivity index (χ4n) is 5.06. The smallest absolute Gasteiger partial charge is 0.264 e. The summed E-state index contributed by atoms with van der Waals surface area (Å²) in [4.78, 5) is 29.4. The number of ether oxygens (including phenoxy) is 1. The molecule has 1 spiro atoms. The van der Waals surface area contributed by atoms with E-state index in [1.807, 2.05) is 60.4 Å². The van der Waals surface area contributed by atoms with Gasteiger partial charge in [0.05, 0.1) is 18.3 Å². The Hall–Kier alpha value is -2.70. The number of amides is 2. The van der Waals surface area contributed by atoms with Gasteiger partial charge in [-0.25, -0.2) is 0 Å². The summed E-state index contributed by atoms with van der Waals surface area (Å²) in [6, 6.07) is 15.8. The van der Waals surface area contributed by atoms with Crippen LogP contribution in [0.5, 0.6) is 0 Å². The number of aliphatic hydroxyl groups excluding tert-OH is 1. The molecule has 0 saturated carbocycles. The Labute approximate surface area is 176 Å². The van der Waals surface area contributed by atoms with Gasteiger partial charge in [-0.3, -0.25) is 9.59 Å². The van der Waals surface area contributed by atoms with E-state index in [0.717, 1.165) is 28.9 Å². The lowest BCUT2D eigenvalue weighted by Crippen LogP contribution is -2.44. The van der Waals surface area contributed by atoms with Gasteiger partial charge in [-0.2, -0.15) is 0 Å². The summed E-state index contributed by atoms with van der Waals surface area (Å²) in [5.41, 5.74) is 2.49. The van der Waals surface area contributed by atoms with Gasteiger partial charge in [-0.15, -0.1) is 0 Å². The van der Waals surface area contributed by atoms with Crippen LogP contribution in [0.1, 0.15) is 37.3 Å². The first-order chi connectivity index (χ1) is 14.5. The highest BCUT2D eigenvalue weighted by Gasteiger charge is 2.60. The Balaban J connectivity index is 1.59. The van der Waals surface area contributed by atoms with Crippen LogP contribution < -0.4 is 9.80 Å². The van der Waals surface area contributed by atoms with Crippen LogP contribution in [0.3, 0.4) is 0 Å². The Morgan fingerprint density at radius 2 is 1.97 bits per heavy atom. The molecule has 0 unspecified atom stereocenters. The van der Waals surface area contributed by atoms with Gasteiger partial charge in [0.25, 0.3) is 5.91 Å². The maximum Gasteiger partial charge on any atom is 0.264 e. The summed E-state index contributed by atoms with van der Waals surface area (Å²) < 4.78 is 6.43. The predicted molar refractivity (Wildman–Crippen MR) is 113 cm³/mol. The van der Waals surface area contributed by atoms with Crippen molar-refractivity contribution in [3.8, 4) is 0 Å². The van der Waals surface area contributed by atoms with Crippen LogP contribution in [-0.4, -0.2) is 36.2 Å². The third-order valence-corrected chi connectivity index (χ3v) is 6.69. The molecular weight excluding hydrogens is 380 g/mol. The molecular formula is C24H26N2O4. The molecule has 3 atom stereocenters. The normalized spacial score (nSPS) is 27.7. The second kappa shape index (κ2) is 7.22. The van der Waals surface area contributed by atoms with Crippen LogP contribution in [0.4, 0.5) is 11.4 Å². The maximum absolute atomic E-state index is 13.8. The monoisotopic (exact) mass is 406 g/mol. The summed E-state index contributed by atoms with van der Waals surface area (Å²) >= 11 is 0. The number of rotatable bonds is 5. The second-order valence-corrected chi connectivity index (χ2v) is 8.50. The lowest BCUT2D eigenvalue weighted by Gasteiger charge is -2.32. The topological polar surface area (TPSA) is 70.1 Å². The van der Waals surface area contributed by atoms with E-state index in [4.69, 9.17) is 4.74 Å². The highest BCUT2D eigenvalue weighted by atomic mass is 16.5. The minimum atomic E-state index is -1.06. The summed E-state index contributed by atoms with van der Waals surface area (Å²) in [6.45, 7) is 3.25. The average molecular weight is 406 g/mol. The number of fused-ring (bicyclic) bond motifs is 2. The zero-order valence-corrected chi connectivity index (χ0v) is 17.1. The van der Waals surface area contributed by atoms with E-state index >= 15 is 0 Å². The lowest BCUT2D eigenvalue weighted by atomic mass is 9.82. The third kappa shape index (κ3) is 2.78. The first kappa shape index (κ1) is 19.3. The molecule has 0 aliphatic carbocycles. The van der Waals surface area contributed by atoms with Crippen molar-refractivity contribution in [2.75, 3.05) is 23.0 Å². The first-order valence-electron chi connectivity index (χ1n) is 10.6. The predicted octanol–water partition coefficient (Wildman–Crippen LogP) is 2.97. The Bertz CT molecular complexity index is 992. The molecule has 1 N–H and O–H groups in total. The molecule has 2 amide bonds. The molecule has 3 aliphatic rings. The number of anilines is 2. The maximum atomic E-state index is 13.8. The summed E-state index contributed by atoms with van der Waals surface area (Å²) in [6.07, 6.45) is 1.63. The van der Waals surface area contributed by atoms with Gasteiger partial charge in [0.2, 0.25) is 5.91 Å². The zero-order valence-electron chi connectivity index (χ0n) is 17.1. The lowest BCUT2D eigenvalue weighted by molar-refractivity contribution is -0.146. The van der Waals surface area contributed by atoms with Crippen LogP contribution in [-0.2, 0) is 26.5 Å². The Kier molecular flexibility index (Phi) is 4.64. The van der Waals surface area contributed by atoms with Crippen molar-refractivity contribution in [3.63, 3.8) is 0 Å². The molecule has 3 heterocycles. The van der Waals surface area contributed by atoms with E-state index in [0.29, 0.717) is 25.9 Å². The van der Waals surface area contributed by atoms with E-state index in [9.17, 15) is 14.7 Å². The van der Waals surface area contributed by atoms with Gasteiger partial charge < -0.3 is 19.6 Å². The van der Waals surface area contributed by atoms with E-state index in [1.165, 1.54) is 0 Å². The minimum absolute atomic E-state index is 0.0246. The molecule has 0 radical (unpaired) electrons. The number of benzene rings is 2. The minimum Gasteiger partial charge on any atom is -0.396 e. The molecule has 156 valence electrons. The number of carbonyl (C=O) groups excluding carboxylic acids is 2. The van der Waals surface area contributed by atoms with Gasteiger partial charge in [0, 0.05) is 36.7 Å². The Morgan fingerprint density at radius 1 is 1.17 bits per heavy atom. The van der Waals surface area contributed by atoms with Gasteiger partial charge in [0.15, 0.2) is 5.60 Å². The molecule has 2 aromatic rings. The van der Waals surface area contributed by atoms with Crippen LogP contribution >= 0.6 is 0 Å². The third-order valence-electron chi connectivity index (χ3n) is 6.69. The molecule has 2 saturated heterocycles. The summed E-state index contributed by atoms with van der Waals surface area (Å²) in [5, 5.41) is 9.42. The van der Waals surface area contributed by atoms with Crippen LogP contribution in [0.15, 0.2) is 48.5 Å². The summed E-state index contributed by atoms with van der Waals surface area (Å²) in [7, 11) is 0. The molecule has 2 fully saturated rings. The van der Waals surface area contributed by atoms with Gasteiger partial charge >= 0.3 is 0 Å². The number of carbonyl (C=O) groups is 2. The highest BCUT2D eigenvalue weighted by molar-refractivity contribution is 6.08. The van der Waals surface area contributed by atoms with E-state index in [2.05, 4.69) is 0 Å². The standard InChI is InChI=1S/C24H26N2O4/c1-16-13-19(10-12-27)30-24(16)20-14-18(25-11-9-22(25)28)7-8-21(20)26(23(24)29)15-17-5-3-2-4-6-17/h2-8,14,16,19,27H,9-13,15H2,1H3/t16-,19+,24+/m1/s1. The van der Waals surface area contributed by atoms with Crippen molar-refractivity contribution in [2.45, 2.75) is 44.4 Å². The van der Waals surface area contributed by atoms with Gasteiger partial charge in [-0.1, -0.05) is 37.3 Å². The van der Waals surface area contributed by atoms with E-state index in [1.54, 1.807) is 4.90 Å². The molecule has 2 aromatic carbocycles. The van der Waals surface area contributed by atoms with Crippen LogP contribution in [0.25, 0.3) is 0 Å². The Morgan fingerprint density at radius 3 is 2.63 bits per heavy atom. The summed E-state index contributed by atoms with van der Waals surface area (Å²) in [5.74, 6) is 0.0257. The first-order valence-corrected chi connectivity index (χ1v) is 10.6. The van der Waals surface area contributed by atoms with E-state index in [-0.39, 0.29) is 30.4 Å². The zero-order chi connectivity index (χ0) is 20.9. The van der Waals surface area contributed by atoms with Crippen LogP contribution in [0.2, 0.25) is 0 Å². The molecule has 0 aromatic heterocycles. The fourth-order valence-corrected chi connectivity index (χ4v) is 5.06. The van der Waals surface area contributed by atoms with Crippen molar-refractivity contribution >= 4 is 23.2 Å². The molecule has 30 heavy (non-hydrogen) atoms. The van der Waals surface area contributed by atoms with Crippen molar-refractivity contribution in [2.24, 2.45) is 5.92 Å². The molecule has 6 nitrogen and oxygen atoms in total. The van der Waals surface area contributed by atoms with Crippen molar-refractivity contribution < 1.29 is 19.4 Å². The molecule has 6 heteroatoms. The van der Waals surface area contributed by atoms with E-state index < -0.39 is 5.60 Å². The van der Waals surface area contributed by atoms with Gasteiger partial charge in [0.1, 0.15) is 0 Å². The van der Waals surface area contributed by atoms with Gasteiger partial charge in [-0.05, 0) is 36.6 Å². The van der Waals surface area contributed by atoms with Crippen LogP contribution in [0, 0.1) is 5.92 Å². The molecule has 0 bridgehead atoms. The molecule has 3 aliphatic heterocycles. The number of hydrogen-bond donors (Lipinski definition) is 1. The largest absolute Gasteiger partial charge is 0.396 e. The molecule has 5 rings (SSSR count).